The quantitative estimate of drug-likeness (QED) is 0.513. The molecule has 3 aromatic heterocycles. The van der Waals surface area contributed by atoms with Crippen LogP contribution in [0.1, 0.15) is 16.8 Å². The Hall–Kier alpha value is -3.68. The Kier molecular flexibility index (Phi) is 4.52. The first-order chi connectivity index (χ1) is 13.5. The standard InChI is InChI=1S/C20H19N5O3/c1-24-17-15(19(27)23-20(24)28)11-14(12-22-17)18(26)21-8-4-9-25-10-7-13-5-2-3-6-16(13)25/h2-3,5-7,10-12H,4,8-9H2,1H3,(H,21,26)(H,23,27,28). The largest absolute Gasteiger partial charge is 0.352 e. The molecule has 1 amide bonds. The number of aryl methyl sites for hydroxylation is 2. The lowest BCUT2D eigenvalue weighted by Gasteiger charge is -2.08. The molecule has 0 bridgehead atoms. The number of nitrogens with zero attached hydrogens (tertiary/aromatic N) is 3. The van der Waals surface area contributed by atoms with Crippen LogP contribution in [0.25, 0.3) is 21.9 Å². The number of aromatic amines is 1. The third-order valence-corrected chi connectivity index (χ3v) is 4.76. The number of para-hydroxylation sites is 1. The Morgan fingerprint density at radius 1 is 1.21 bits per heavy atom. The fraction of sp³-hybridized carbons (Fsp3) is 0.200. The molecule has 8 heteroatoms. The van der Waals surface area contributed by atoms with E-state index in [1.807, 2.05) is 18.3 Å². The van der Waals surface area contributed by atoms with E-state index in [1.165, 1.54) is 29.3 Å². The van der Waals surface area contributed by atoms with Gasteiger partial charge < -0.3 is 9.88 Å². The summed E-state index contributed by atoms with van der Waals surface area (Å²) in [6, 6.07) is 11.7. The van der Waals surface area contributed by atoms with Crippen LogP contribution in [0.2, 0.25) is 0 Å². The summed E-state index contributed by atoms with van der Waals surface area (Å²) in [4.78, 5) is 42.3. The lowest BCUT2D eigenvalue weighted by atomic mass is 10.2. The van der Waals surface area contributed by atoms with Crippen LogP contribution in [0.4, 0.5) is 0 Å². The highest BCUT2D eigenvalue weighted by atomic mass is 16.2. The van der Waals surface area contributed by atoms with Gasteiger partial charge in [-0.15, -0.1) is 0 Å². The first-order valence-corrected chi connectivity index (χ1v) is 8.96. The van der Waals surface area contributed by atoms with Gasteiger partial charge in [-0.1, -0.05) is 18.2 Å². The number of nitrogens with one attached hydrogen (secondary N) is 2. The van der Waals surface area contributed by atoms with Crippen LogP contribution in [0.5, 0.6) is 0 Å². The number of carbonyl (C=O) groups is 1. The van der Waals surface area contributed by atoms with E-state index < -0.39 is 11.2 Å². The molecule has 2 N–H and O–H groups in total. The molecule has 0 saturated heterocycles. The van der Waals surface area contributed by atoms with E-state index in [0.717, 1.165) is 18.5 Å². The maximum Gasteiger partial charge on any atom is 0.329 e. The Balaban J connectivity index is 1.42. The van der Waals surface area contributed by atoms with Crippen molar-refractivity contribution in [1.82, 2.24) is 24.4 Å². The summed E-state index contributed by atoms with van der Waals surface area (Å²) in [7, 11) is 1.51. The molecule has 0 radical (unpaired) electrons. The molecule has 4 aromatic rings. The first-order valence-electron chi connectivity index (χ1n) is 8.96. The van der Waals surface area contributed by atoms with Gasteiger partial charge in [-0.2, -0.15) is 0 Å². The number of hydrogen-bond acceptors (Lipinski definition) is 4. The summed E-state index contributed by atoms with van der Waals surface area (Å²) in [5, 5.41) is 4.24. The fourth-order valence-electron chi connectivity index (χ4n) is 3.25. The molecule has 0 aliphatic rings. The van der Waals surface area contributed by atoms with E-state index in [-0.39, 0.29) is 22.5 Å². The average molecular weight is 377 g/mol. The zero-order valence-corrected chi connectivity index (χ0v) is 15.3. The van der Waals surface area contributed by atoms with Gasteiger partial charge in [0.1, 0.15) is 5.65 Å². The Bertz CT molecular complexity index is 1300. The number of carbonyl (C=O) groups excluding carboxylic acids is 1. The van der Waals surface area contributed by atoms with Crippen molar-refractivity contribution in [2.45, 2.75) is 13.0 Å². The van der Waals surface area contributed by atoms with Crippen LogP contribution in [-0.2, 0) is 13.6 Å². The molecular formula is C20H19N5O3. The van der Waals surface area contributed by atoms with Crippen molar-refractivity contribution in [2.24, 2.45) is 7.05 Å². The normalized spacial score (nSPS) is 11.2. The van der Waals surface area contributed by atoms with Gasteiger partial charge in [-0.05, 0) is 30.0 Å². The van der Waals surface area contributed by atoms with E-state index in [1.54, 1.807) is 0 Å². The number of benzene rings is 1. The van der Waals surface area contributed by atoms with Crippen LogP contribution in [0.3, 0.4) is 0 Å². The number of aromatic nitrogens is 4. The van der Waals surface area contributed by atoms with E-state index in [4.69, 9.17) is 0 Å². The van der Waals surface area contributed by atoms with Crippen LogP contribution in [0.15, 0.2) is 58.4 Å². The second-order valence-corrected chi connectivity index (χ2v) is 6.59. The van der Waals surface area contributed by atoms with Crippen LogP contribution < -0.4 is 16.6 Å². The maximum absolute atomic E-state index is 12.4. The second kappa shape index (κ2) is 7.15. The average Bonchev–Trinajstić information content (AvgIpc) is 3.12. The fourth-order valence-corrected chi connectivity index (χ4v) is 3.25. The molecule has 8 nitrogen and oxygen atoms in total. The SMILES string of the molecule is Cn1c(=O)[nH]c(=O)c2cc(C(=O)NCCCn3ccc4ccccc43)cnc21. The van der Waals surface area contributed by atoms with E-state index in [9.17, 15) is 14.4 Å². The van der Waals surface area contributed by atoms with Crippen molar-refractivity contribution in [2.75, 3.05) is 6.54 Å². The highest BCUT2D eigenvalue weighted by molar-refractivity contribution is 5.96. The molecule has 0 unspecified atom stereocenters. The van der Waals surface area contributed by atoms with Crippen molar-refractivity contribution < 1.29 is 4.79 Å². The van der Waals surface area contributed by atoms with Crippen molar-refractivity contribution >= 4 is 27.8 Å². The Labute approximate surface area is 159 Å². The minimum absolute atomic E-state index is 0.202. The van der Waals surface area contributed by atoms with Crippen LogP contribution in [0, 0.1) is 0 Å². The van der Waals surface area contributed by atoms with Gasteiger partial charge in [0, 0.05) is 38.0 Å². The smallest absolute Gasteiger partial charge is 0.329 e. The van der Waals surface area contributed by atoms with Gasteiger partial charge in [0.25, 0.3) is 11.5 Å². The van der Waals surface area contributed by atoms with Crippen molar-refractivity contribution in [1.29, 1.82) is 0 Å². The number of fused-ring (bicyclic) bond motifs is 2. The summed E-state index contributed by atoms with van der Waals surface area (Å²) < 4.78 is 3.39. The summed E-state index contributed by atoms with van der Waals surface area (Å²) in [5.41, 5.74) is 0.588. The van der Waals surface area contributed by atoms with E-state index in [2.05, 4.69) is 38.1 Å². The number of rotatable bonds is 5. The molecule has 1 aromatic carbocycles. The topological polar surface area (TPSA) is 102 Å². The summed E-state index contributed by atoms with van der Waals surface area (Å²) >= 11 is 0. The zero-order chi connectivity index (χ0) is 19.7. The molecule has 0 aliphatic heterocycles. The van der Waals surface area contributed by atoms with Gasteiger partial charge in [0.05, 0.1) is 10.9 Å². The van der Waals surface area contributed by atoms with Crippen LogP contribution in [-0.4, -0.2) is 31.6 Å². The summed E-state index contributed by atoms with van der Waals surface area (Å²) in [6.07, 6.45) is 4.17. The highest BCUT2D eigenvalue weighted by Gasteiger charge is 2.11. The minimum Gasteiger partial charge on any atom is -0.352 e. The molecule has 0 spiro atoms. The third kappa shape index (κ3) is 3.20. The predicted octanol–water partition coefficient (Wildman–Crippen LogP) is 1.40. The third-order valence-electron chi connectivity index (χ3n) is 4.76. The molecule has 142 valence electrons. The van der Waals surface area contributed by atoms with Gasteiger partial charge in [0.2, 0.25) is 0 Å². The van der Waals surface area contributed by atoms with Crippen molar-refractivity contribution in [3.63, 3.8) is 0 Å². The van der Waals surface area contributed by atoms with Crippen LogP contribution >= 0.6 is 0 Å². The minimum atomic E-state index is -0.556. The molecule has 0 atom stereocenters. The lowest BCUT2D eigenvalue weighted by Crippen LogP contribution is -2.30. The van der Waals surface area contributed by atoms with Gasteiger partial charge >= 0.3 is 5.69 Å². The van der Waals surface area contributed by atoms with Gasteiger partial charge in [-0.3, -0.25) is 19.1 Å². The maximum atomic E-state index is 12.4. The van der Waals surface area contributed by atoms with Gasteiger partial charge in [-0.25, -0.2) is 9.78 Å². The zero-order valence-electron chi connectivity index (χ0n) is 15.3. The Morgan fingerprint density at radius 3 is 2.89 bits per heavy atom. The monoisotopic (exact) mass is 377 g/mol. The van der Waals surface area contributed by atoms with Crippen molar-refractivity contribution in [3.05, 3.63) is 75.2 Å². The number of amides is 1. The van der Waals surface area contributed by atoms with Crippen molar-refractivity contribution in [3.8, 4) is 0 Å². The highest BCUT2D eigenvalue weighted by Crippen LogP contribution is 2.15. The lowest BCUT2D eigenvalue weighted by molar-refractivity contribution is 0.0952. The molecule has 0 fully saturated rings. The molecule has 4 rings (SSSR count). The number of H-pyrrole nitrogens is 1. The first kappa shape index (κ1) is 17.7. The van der Waals surface area contributed by atoms with E-state index >= 15 is 0 Å². The summed E-state index contributed by atoms with van der Waals surface area (Å²) in [5.74, 6) is -0.306. The molecule has 28 heavy (non-hydrogen) atoms. The molecule has 0 saturated carbocycles. The van der Waals surface area contributed by atoms with Gasteiger partial charge in [0.15, 0.2) is 0 Å². The predicted molar refractivity (Wildman–Crippen MR) is 106 cm³/mol. The number of hydrogen-bond donors (Lipinski definition) is 2. The molecule has 0 aliphatic carbocycles. The second-order valence-electron chi connectivity index (χ2n) is 6.59. The van der Waals surface area contributed by atoms with E-state index in [0.29, 0.717) is 6.54 Å². The molecular weight excluding hydrogens is 358 g/mol. The number of pyridine rings is 1. The summed E-state index contributed by atoms with van der Waals surface area (Å²) in [6.45, 7) is 1.28. The Morgan fingerprint density at radius 2 is 2.04 bits per heavy atom. The molecule has 3 heterocycles.